The van der Waals surface area contributed by atoms with Gasteiger partial charge < -0.3 is 34.0 Å². The average Bonchev–Trinajstić information content (AvgIpc) is 3.19. The van der Waals surface area contributed by atoms with Crippen LogP contribution in [0.3, 0.4) is 0 Å². The highest BCUT2D eigenvalue weighted by Crippen LogP contribution is 2.38. The lowest BCUT2D eigenvalue weighted by atomic mass is 10.0. The predicted molar refractivity (Wildman–Crippen MR) is 248 cm³/mol. The number of unbranched alkanes of at least 4 members (excludes halogenated alkanes) is 27. The molecule has 0 radical (unpaired) electrons. The summed E-state index contributed by atoms with van der Waals surface area (Å²) in [4.78, 5) is 25.4. The molecular weight excluding hydrogens is 760 g/mol. The van der Waals surface area contributed by atoms with Gasteiger partial charge in [0.05, 0.1) is 39.9 Å². The highest BCUT2D eigenvalue weighted by Gasteiger charge is 2.29. The van der Waals surface area contributed by atoms with Gasteiger partial charge in [-0.1, -0.05) is 192 Å². The quantitative estimate of drug-likeness (QED) is 0.0241. The van der Waals surface area contributed by atoms with Crippen molar-refractivity contribution >= 4 is 13.7 Å². The molecule has 4 unspecified atom stereocenters. The fraction of sp³-hybridized carbons (Fsp3) is 0.898. The molecule has 0 aromatic heterocycles. The summed E-state index contributed by atoms with van der Waals surface area (Å²) in [5, 5.41) is 24.6. The van der Waals surface area contributed by atoms with Gasteiger partial charge in [0, 0.05) is 6.42 Å². The number of aliphatic hydroxyl groups is 2. The first-order valence-corrected chi connectivity index (χ1v) is 26.2. The number of amides is 1. The second kappa shape index (κ2) is 41.0. The van der Waals surface area contributed by atoms with Crippen LogP contribution in [-0.2, 0) is 18.4 Å². The summed E-state index contributed by atoms with van der Waals surface area (Å²) in [7, 11) is 1.10. The summed E-state index contributed by atoms with van der Waals surface area (Å²) in [5.74, 6) is -0.289. The third-order valence-electron chi connectivity index (χ3n) is 11.3. The minimum absolute atomic E-state index is 0.0468. The normalized spacial score (nSPS) is 14.9. The summed E-state index contributed by atoms with van der Waals surface area (Å²) < 4.78 is 23.2. The Bertz CT molecular complexity index is 1030. The number of carbonyl (C=O) groups is 1. The van der Waals surface area contributed by atoms with Gasteiger partial charge in [0.1, 0.15) is 19.3 Å². The Balaban J connectivity index is 4.32. The monoisotopic (exact) mass is 857 g/mol. The molecule has 350 valence electrons. The second-order valence-corrected chi connectivity index (χ2v) is 19.7. The third-order valence-corrected chi connectivity index (χ3v) is 12.2. The van der Waals surface area contributed by atoms with Gasteiger partial charge in [-0.2, -0.15) is 0 Å². The molecule has 0 heterocycles. The number of carbonyl (C=O) groups excluding carboxylic acids is 1. The average molecular weight is 857 g/mol. The molecule has 1 amide bonds. The van der Waals surface area contributed by atoms with Gasteiger partial charge in [0.2, 0.25) is 5.91 Å². The van der Waals surface area contributed by atoms with E-state index in [9.17, 15) is 24.5 Å². The second-order valence-electron chi connectivity index (χ2n) is 18.3. The maximum absolute atomic E-state index is 12.9. The Kier molecular flexibility index (Phi) is 40.2. The van der Waals surface area contributed by atoms with E-state index in [1.165, 1.54) is 148 Å². The minimum atomic E-state index is -4.67. The number of phosphoric acid groups is 1. The van der Waals surface area contributed by atoms with Crippen LogP contribution in [0.1, 0.15) is 226 Å². The molecule has 0 bridgehead atoms. The lowest BCUT2D eigenvalue weighted by Gasteiger charge is -2.31. The van der Waals surface area contributed by atoms with E-state index in [4.69, 9.17) is 9.05 Å². The van der Waals surface area contributed by atoms with Gasteiger partial charge >= 0.3 is 0 Å². The van der Waals surface area contributed by atoms with Crippen LogP contribution in [0.5, 0.6) is 0 Å². The topological polar surface area (TPSA) is 128 Å². The number of phosphoric ester groups is 1. The first-order chi connectivity index (χ1) is 28.4. The molecule has 0 spiro atoms. The number of hydrogen-bond acceptors (Lipinski definition) is 7. The molecule has 0 fully saturated rings. The molecule has 9 nitrogen and oxygen atoms in total. The fourth-order valence-corrected chi connectivity index (χ4v) is 7.99. The zero-order chi connectivity index (χ0) is 43.7. The number of aliphatic hydroxyl groups excluding tert-OH is 2. The van der Waals surface area contributed by atoms with E-state index >= 15 is 0 Å². The van der Waals surface area contributed by atoms with Crippen LogP contribution in [0.25, 0.3) is 0 Å². The first kappa shape index (κ1) is 57.9. The Morgan fingerprint density at radius 2 is 0.983 bits per heavy atom. The number of quaternary nitrogens is 1. The SMILES string of the molecule is CCCCC/C=C/CC/C=C/CCCC(O)C(O)C(COP(=O)([O-])OCC[N+](C)(C)C)NC(=O)CCCCCCCCCCCCCCCCCCCCCCCCC. The molecule has 0 aliphatic carbocycles. The van der Waals surface area contributed by atoms with Gasteiger partial charge in [-0.25, -0.2) is 0 Å². The molecule has 0 aliphatic rings. The van der Waals surface area contributed by atoms with Crippen molar-refractivity contribution in [3.05, 3.63) is 24.3 Å². The van der Waals surface area contributed by atoms with Crippen LogP contribution in [0, 0.1) is 0 Å². The van der Waals surface area contributed by atoms with Crippen molar-refractivity contribution in [1.82, 2.24) is 5.32 Å². The smallest absolute Gasteiger partial charge is 0.268 e. The van der Waals surface area contributed by atoms with E-state index in [0.717, 1.165) is 38.5 Å². The van der Waals surface area contributed by atoms with Crippen molar-refractivity contribution in [2.24, 2.45) is 0 Å². The Morgan fingerprint density at radius 3 is 1.42 bits per heavy atom. The molecule has 0 aromatic carbocycles. The summed E-state index contributed by atoms with van der Waals surface area (Å²) in [6.07, 6.45) is 45.2. The summed E-state index contributed by atoms with van der Waals surface area (Å²) in [6.45, 7) is 4.39. The first-order valence-electron chi connectivity index (χ1n) is 24.8. The number of likely N-dealkylation sites (N-methyl/N-ethyl adjacent to an activating group) is 1. The Hall–Kier alpha value is -1.06. The molecule has 0 saturated carbocycles. The predicted octanol–water partition coefficient (Wildman–Crippen LogP) is 12.4. The number of nitrogens with one attached hydrogen (secondary N) is 1. The van der Waals surface area contributed by atoms with Crippen molar-refractivity contribution in [1.29, 1.82) is 0 Å². The Labute approximate surface area is 365 Å². The van der Waals surface area contributed by atoms with Crippen molar-refractivity contribution in [3.63, 3.8) is 0 Å². The van der Waals surface area contributed by atoms with E-state index in [1.54, 1.807) is 0 Å². The van der Waals surface area contributed by atoms with E-state index in [2.05, 4.69) is 43.5 Å². The van der Waals surface area contributed by atoms with Crippen LogP contribution in [0.15, 0.2) is 24.3 Å². The number of rotatable bonds is 45. The van der Waals surface area contributed by atoms with E-state index in [0.29, 0.717) is 30.3 Å². The standard InChI is InChI=1S/C49H97N2O7P/c1-6-8-10-12-14-16-18-20-21-22-23-24-25-26-27-28-29-30-32-34-36-38-40-42-48(53)50-46(45-58-59(55,56)57-44-43-51(3,4)5)49(54)47(52)41-39-37-35-33-31-19-17-15-13-11-9-7-2/h15,17,33,35,46-47,49,52,54H,6-14,16,18-32,34,36-45H2,1-5H3,(H-,50,53,55,56)/b17-15+,35-33+. The molecule has 0 saturated heterocycles. The lowest BCUT2D eigenvalue weighted by molar-refractivity contribution is -0.870. The Morgan fingerprint density at radius 1 is 0.593 bits per heavy atom. The van der Waals surface area contributed by atoms with E-state index < -0.39 is 32.7 Å². The summed E-state index contributed by atoms with van der Waals surface area (Å²) in [6, 6.07) is -1.09. The molecule has 3 N–H and O–H groups in total. The number of allylic oxidation sites excluding steroid dienone is 4. The molecule has 0 aliphatic heterocycles. The molecule has 4 atom stereocenters. The zero-order valence-electron chi connectivity index (χ0n) is 39.3. The minimum Gasteiger partial charge on any atom is -0.756 e. The number of hydrogen-bond donors (Lipinski definition) is 3. The van der Waals surface area contributed by atoms with Crippen LogP contribution in [0.4, 0.5) is 0 Å². The molecular formula is C49H97N2O7P. The van der Waals surface area contributed by atoms with E-state index in [-0.39, 0.29) is 18.9 Å². The fourth-order valence-electron chi connectivity index (χ4n) is 7.27. The highest BCUT2D eigenvalue weighted by atomic mass is 31.2. The van der Waals surface area contributed by atoms with Crippen molar-refractivity contribution < 1.29 is 38.0 Å². The zero-order valence-corrected chi connectivity index (χ0v) is 40.2. The van der Waals surface area contributed by atoms with Gasteiger partial charge in [-0.3, -0.25) is 9.36 Å². The van der Waals surface area contributed by atoms with Crippen molar-refractivity contribution in [2.75, 3.05) is 40.9 Å². The maximum Gasteiger partial charge on any atom is 0.268 e. The van der Waals surface area contributed by atoms with Crippen LogP contribution in [0.2, 0.25) is 0 Å². The molecule has 0 aromatic rings. The summed E-state index contributed by atoms with van der Waals surface area (Å²) in [5.41, 5.74) is 0. The summed E-state index contributed by atoms with van der Waals surface area (Å²) >= 11 is 0. The number of nitrogens with zero attached hydrogens (tertiary/aromatic N) is 1. The molecule has 0 rings (SSSR count). The van der Waals surface area contributed by atoms with Gasteiger partial charge in [0.15, 0.2) is 0 Å². The van der Waals surface area contributed by atoms with Gasteiger partial charge in [-0.15, -0.1) is 0 Å². The largest absolute Gasteiger partial charge is 0.756 e. The molecule has 59 heavy (non-hydrogen) atoms. The van der Waals surface area contributed by atoms with Crippen molar-refractivity contribution in [2.45, 2.75) is 244 Å². The van der Waals surface area contributed by atoms with Crippen LogP contribution in [-0.4, -0.2) is 79.8 Å². The third kappa shape index (κ3) is 42.0. The van der Waals surface area contributed by atoms with Gasteiger partial charge in [-0.05, 0) is 51.4 Å². The van der Waals surface area contributed by atoms with Crippen LogP contribution < -0.4 is 10.2 Å². The van der Waals surface area contributed by atoms with Gasteiger partial charge in [0.25, 0.3) is 7.82 Å². The van der Waals surface area contributed by atoms with Crippen LogP contribution >= 0.6 is 7.82 Å². The van der Waals surface area contributed by atoms with E-state index in [1.807, 2.05) is 21.1 Å². The molecule has 10 heteroatoms. The maximum atomic E-state index is 12.9. The lowest BCUT2D eigenvalue weighted by Crippen LogP contribution is -2.51. The highest BCUT2D eigenvalue weighted by molar-refractivity contribution is 7.45. The van der Waals surface area contributed by atoms with Crippen molar-refractivity contribution in [3.8, 4) is 0 Å².